The summed E-state index contributed by atoms with van der Waals surface area (Å²) in [5.41, 5.74) is 2.49. The molecule has 0 bridgehead atoms. The van der Waals surface area contributed by atoms with E-state index in [2.05, 4.69) is 19.9 Å². The quantitative estimate of drug-likeness (QED) is 0.517. The van der Waals surface area contributed by atoms with Gasteiger partial charge in [-0.05, 0) is 91.9 Å². The van der Waals surface area contributed by atoms with Gasteiger partial charge in [0.1, 0.15) is 5.76 Å². The number of ketones is 1. The van der Waals surface area contributed by atoms with Gasteiger partial charge in [-0.15, -0.1) is 0 Å². The first kappa shape index (κ1) is 19.1. The zero-order chi connectivity index (χ0) is 20.2. The standard InChI is InChI=1S/C26H32O3/c1-25-12-10-19(27)16-18(25)8-9-21-22(25)11-13-26(2)23(21)15-17(24(26)28)5-3-6-20-7-4-14-29-20/h3-8,14,19,21-23,27H,9-13,15-16H2,1-2H3/b6-3-,17-5+/t19-,21?,22?,23?,25?,26?/m0/s1. The van der Waals surface area contributed by atoms with Crippen molar-refractivity contribution in [2.45, 2.75) is 64.9 Å². The second-order valence-corrected chi connectivity index (χ2v) is 10.2. The van der Waals surface area contributed by atoms with Crippen molar-refractivity contribution in [1.82, 2.24) is 0 Å². The van der Waals surface area contributed by atoms with Gasteiger partial charge in [0.25, 0.3) is 0 Å². The average Bonchev–Trinajstić information content (AvgIpc) is 3.30. The summed E-state index contributed by atoms with van der Waals surface area (Å²) in [5.74, 6) is 2.86. The van der Waals surface area contributed by atoms with Gasteiger partial charge in [-0.1, -0.05) is 37.6 Å². The average molecular weight is 393 g/mol. The Morgan fingerprint density at radius 2 is 1.97 bits per heavy atom. The summed E-state index contributed by atoms with van der Waals surface area (Å²) < 4.78 is 5.35. The van der Waals surface area contributed by atoms with E-state index >= 15 is 0 Å². The molecular weight excluding hydrogens is 360 g/mol. The van der Waals surface area contributed by atoms with Gasteiger partial charge in [-0.3, -0.25) is 4.79 Å². The predicted octanol–water partition coefficient (Wildman–Crippen LogP) is 5.72. The van der Waals surface area contributed by atoms with Crippen LogP contribution in [-0.4, -0.2) is 17.0 Å². The number of hydrogen-bond donors (Lipinski definition) is 1. The number of rotatable bonds is 2. The summed E-state index contributed by atoms with van der Waals surface area (Å²) >= 11 is 0. The number of allylic oxidation sites excluding steroid dienone is 4. The van der Waals surface area contributed by atoms with Crippen LogP contribution in [0.1, 0.15) is 64.6 Å². The van der Waals surface area contributed by atoms with Crippen LogP contribution in [0.4, 0.5) is 0 Å². The number of Topliss-reactive ketones (excluding diaryl/α,β-unsaturated/α-hetero) is 1. The SMILES string of the molecule is CC12CCC3C(CC=C4C[C@@H](O)CCC43C)C1C/C(=C\C=C/c1ccco1)C2=O. The summed E-state index contributed by atoms with van der Waals surface area (Å²) in [6.07, 6.45) is 16.8. The zero-order valence-electron chi connectivity index (χ0n) is 17.6. The molecule has 0 aliphatic heterocycles. The van der Waals surface area contributed by atoms with E-state index in [1.54, 1.807) is 6.26 Å². The smallest absolute Gasteiger partial charge is 0.165 e. The second kappa shape index (κ2) is 6.84. The van der Waals surface area contributed by atoms with Crippen molar-refractivity contribution in [2.24, 2.45) is 28.6 Å². The number of carbonyl (C=O) groups is 1. The van der Waals surface area contributed by atoms with Gasteiger partial charge in [0.15, 0.2) is 5.78 Å². The monoisotopic (exact) mass is 392 g/mol. The number of furan rings is 1. The van der Waals surface area contributed by atoms with E-state index in [-0.39, 0.29) is 16.9 Å². The molecule has 3 heteroatoms. The van der Waals surface area contributed by atoms with E-state index in [9.17, 15) is 9.90 Å². The van der Waals surface area contributed by atoms with Crippen LogP contribution in [0.3, 0.4) is 0 Å². The Bertz CT molecular complexity index is 889. The summed E-state index contributed by atoms with van der Waals surface area (Å²) in [5, 5.41) is 10.2. The topological polar surface area (TPSA) is 50.4 Å². The highest BCUT2D eigenvalue weighted by Gasteiger charge is 2.59. The van der Waals surface area contributed by atoms with Crippen molar-refractivity contribution in [3.8, 4) is 0 Å². The summed E-state index contributed by atoms with van der Waals surface area (Å²) in [7, 11) is 0. The Morgan fingerprint density at radius 1 is 1.14 bits per heavy atom. The maximum atomic E-state index is 13.4. The Morgan fingerprint density at radius 3 is 2.76 bits per heavy atom. The highest BCUT2D eigenvalue weighted by atomic mass is 16.3. The molecule has 1 aromatic rings. The van der Waals surface area contributed by atoms with Gasteiger partial charge >= 0.3 is 0 Å². The van der Waals surface area contributed by atoms with Crippen molar-refractivity contribution in [3.05, 3.63) is 53.5 Å². The van der Waals surface area contributed by atoms with Gasteiger partial charge in [-0.2, -0.15) is 0 Å². The fraction of sp³-hybridized carbons (Fsp3) is 0.577. The molecule has 1 heterocycles. The third-order valence-corrected chi connectivity index (χ3v) is 8.82. The molecule has 0 aromatic carbocycles. The summed E-state index contributed by atoms with van der Waals surface area (Å²) in [4.78, 5) is 13.4. The molecule has 0 amide bonds. The van der Waals surface area contributed by atoms with Gasteiger partial charge in [0.2, 0.25) is 0 Å². The summed E-state index contributed by atoms with van der Waals surface area (Å²) in [6.45, 7) is 4.66. The molecule has 0 radical (unpaired) electrons. The molecule has 5 unspecified atom stereocenters. The fourth-order valence-corrected chi connectivity index (χ4v) is 7.11. The van der Waals surface area contributed by atoms with Gasteiger partial charge < -0.3 is 9.52 Å². The highest BCUT2D eigenvalue weighted by Crippen LogP contribution is 2.64. The molecule has 3 nitrogen and oxygen atoms in total. The molecule has 154 valence electrons. The van der Waals surface area contributed by atoms with E-state index in [0.29, 0.717) is 23.5 Å². The molecule has 1 N–H and O–H groups in total. The van der Waals surface area contributed by atoms with E-state index in [0.717, 1.165) is 56.3 Å². The Hall–Kier alpha value is -1.87. The lowest BCUT2D eigenvalue weighted by atomic mass is 9.48. The van der Waals surface area contributed by atoms with E-state index in [1.807, 2.05) is 30.4 Å². The van der Waals surface area contributed by atoms with Crippen LogP contribution in [0.15, 0.2) is 52.2 Å². The van der Waals surface area contributed by atoms with Crippen LogP contribution in [0.25, 0.3) is 6.08 Å². The highest BCUT2D eigenvalue weighted by molar-refractivity contribution is 6.02. The van der Waals surface area contributed by atoms with Crippen LogP contribution < -0.4 is 0 Å². The maximum Gasteiger partial charge on any atom is 0.165 e. The first-order valence-electron chi connectivity index (χ1n) is 11.2. The first-order chi connectivity index (χ1) is 13.9. The molecule has 6 atom stereocenters. The van der Waals surface area contributed by atoms with Crippen LogP contribution in [0, 0.1) is 28.6 Å². The molecule has 0 spiro atoms. The Kier molecular flexibility index (Phi) is 4.51. The lowest BCUT2D eigenvalue weighted by Crippen LogP contribution is -2.50. The molecule has 3 fully saturated rings. The van der Waals surface area contributed by atoms with Gasteiger partial charge in [0, 0.05) is 5.41 Å². The molecule has 4 aliphatic rings. The largest absolute Gasteiger partial charge is 0.465 e. The van der Waals surface area contributed by atoms with Crippen molar-refractivity contribution < 1.29 is 14.3 Å². The van der Waals surface area contributed by atoms with Crippen LogP contribution in [-0.2, 0) is 4.79 Å². The lowest BCUT2D eigenvalue weighted by Gasteiger charge is -2.56. The normalized spacial score (nSPS) is 43.2. The van der Waals surface area contributed by atoms with E-state index < -0.39 is 0 Å². The zero-order valence-corrected chi connectivity index (χ0v) is 17.6. The van der Waals surface area contributed by atoms with Crippen molar-refractivity contribution in [3.63, 3.8) is 0 Å². The second-order valence-electron chi connectivity index (χ2n) is 10.2. The molecule has 29 heavy (non-hydrogen) atoms. The third kappa shape index (κ3) is 2.92. The minimum absolute atomic E-state index is 0.164. The van der Waals surface area contributed by atoms with Gasteiger partial charge in [-0.25, -0.2) is 0 Å². The van der Waals surface area contributed by atoms with Gasteiger partial charge in [0.05, 0.1) is 12.4 Å². The predicted molar refractivity (Wildman–Crippen MR) is 114 cm³/mol. The first-order valence-corrected chi connectivity index (χ1v) is 11.2. The minimum Gasteiger partial charge on any atom is -0.465 e. The number of hydrogen-bond acceptors (Lipinski definition) is 3. The lowest BCUT2D eigenvalue weighted by molar-refractivity contribution is -0.130. The Balaban J connectivity index is 1.42. The van der Waals surface area contributed by atoms with Crippen LogP contribution in [0.2, 0.25) is 0 Å². The number of aliphatic hydroxyl groups is 1. The molecule has 3 saturated carbocycles. The molecule has 1 aromatic heterocycles. The van der Waals surface area contributed by atoms with Crippen molar-refractivity contribution in [2.75, 3.05) is 0 Å². The molecule has 0 saturated heterocycles. The van der Waals surface area contributed by atoms with Crippen molar-refractivity contribution in [1.29, 1.82) is 0 Å². The van der Waals surface area contributed by atoms with E-state index in [4.69, 9.17) is 4.42 Å². The summed E-state index contributed by atoms with van der Waals surface area (Å²) in [6, 6.07) is 3.80. The minimum atomic E-state index is -0.207. The fourth-order valence-electron chi connectivity index (χ4n) is 7.11. The molecular formula is C26H32O3. The van der Waals surface area contributed by atoms with Crippen LogP contribution in [0.5, 0.6) is 0 Å². The molecule has 4 aliphatic carbocycles. The van der Waals surface area contributed by atoms with Crippen molar-refractivity contribution >= 4 is 11.9 Å². The Labute approximate surface area is 173 Å². The number of aliphatic hydroxyl groups excluding tert-OH is 1. The number of carbonyl (C=O) groups excluding carboxylic acids is 1. The van der Waals surface area contributed by atoms with E-state index in [1.165, 1.54) is 5.57 Å². The van der Waals surface area contributed by atoms with Crippen LogP contribution >= 0.6 is 0 Å². The molecule has 5 rings (SSSR count). The number of fused-ring (bicyclic) bond motifs is 5. The maximum absolute atomic E-state index is 13.4. The third-order valence-electron chi connectivity index (χ3n) is 8.82.